The van der Waals surface area contributed by atoms with Crippen LogP contribution in [-0.4, -0.2) is 81.4 Å². The number of alkyl halides is 7. The summed E-state index contributed by atoms with van der Waals surface area (Å²) >= 11 is 0. The Morgan fingerprint density at radius 2 is 1.51 bits per heavy atom. The van der Waals surface area contributed by atoms with E-state index in [0.717, 1.165) is 4.90 Å². The minimum atomic E-state index is -6.43. The summed E-state index contributed by atoms with van der Waals surface area (Å²) in [5, 5.41) is 11.1. The van der Waals surface area contributed by atoms with Crippen molar-refractivity contribution in [3.8, 4) is 5.75 Å². The summed E-state index contributed by atoms with van der Waals surface area (Å²) in [5.74, 6) is -2.75. The molecule has 0 aromatic heterocycles. The van der Waals surface area contributed by atoms with Gasteiger partial charge in [0, 0.05) is 17.7 Å². The zero-order valence-electron chi connectivity index (χ0n) is 22.0. The minimum Gasteiger partial charge on any atom is -0.491 e. The van der Waals surface area contributed by atoms with Gasteiger partial charge in [-0.3, -0.25) is 4.79 Å². The molecule has 0 saturated carbocycles. The van der Waals surface area contributed by atoms with Gasteiger partial charge >= 0.3 is 18.0 Å². The first kappa shape index (κ1) is 31.5. The van der Waals surface area contributed by atoms with Crippen LogP contribution in [0, 0.1) is 0 Å². The average Bonchev–Trinajstić information content (AvgIpc) is 3.34. The normalized spacial score (nSPS) is 25.4. The minimum absolute atomic E-state index is 0.165. The van der Waals surface area contributed by atoms with Gasteiger partial charge < -0.3 is 14.7 Å². The Hall–Kier alpha value is -2.92. The molecule has 2 atom stereocenters. The van der Waals surface area contributed by atoms with Crippen LogP contribution in [0.4, 0.5) is 30.7 Å². The number of likely N-dealkylation sites (tertiary alicyclic amines) is 1. The molecule has 0 aliphatic carbocycles. The molecule has 2 saturated heterocycles. The van der Waals surface area contributed by atoms with E-state index < -0.39 is 114 Å². The maximum Gasteiger partial charge on any atom is 0.435 e. The number of rotatable bonds is 4. The maximum absolute atomic E-state index is 14.9. The topological polar surface area (TPSA) is 118 Å². The summed E-state index contributed by atoms with van der Waals surface area (Å²) in [6, 6.07) is 6.25. The molecule has 0 radical (unpaired) electrons. The molecule has 17 heteroatoms. The van der Waals surface area contributed by atoms with Crippen LogP contribution in [0.2, 0.25) is 0 Å². The third-order valence-corrected chi connectivity index (χ3v) is 12.7. The molecule has 3 heterocycles. The lowest BCUT2D eigenvalue weighted by molar-refractivity contribution is -0.348. The highest BCUT2D eigenvalue weighted by Gasteiger charge is 2.74. The lowest BCUT2D eigenvalue weighted by atomic mass is 9.84. The van der Waals surface area contributed by atoms with Crippen molar-refractivity contribution >= 4 is 25.6 Å². The van der Waals surface area contributed by atoms with E-state index in [2.05, 4.69) is 0 Å². The number of fused-ring (bicyclic) bond motifs is 3. The molecule has 5 rings (SSSR count). The molecule has 3 aliphatic heterocycles. The predicted octanol–water partition coefficient (Wildman–Crippen LogP) is 3.58. The first-order valence-corrected chi connectivity index (χ1v) is 16.2. The van der Waals surface area contributed by atoms with Crippen LogP contribution in [-0.2, 0) is 34.9 Å². The van der Waals surface area contributed by atoms with Crippen molar-refractivity contribution in [2.75, 3.05) is 24.7 Å². The molecule has 2 aromatic rings. The van der Waals surface area contributed by atoms with Crippen molar-refractivity contribution in [2.24, 2.45) is 0 Å². The van der Waals surface area contributed by atoms with Gasteiger partial charge in [0.15, 0.2) is 19.7 Å². The van der Waals surface area contributed by atoms with E-state index in [-0.39, 0.29) is 23.6 Å². The summed E-state index contributed by atoms with van der Waals surface area (Å²) in [6.07, 6.45) is -14.2. The van der Waals surface area contributed by atoms with E-state index >= 15 is 0 Å². The number of hydrogen-bond donors (Lipinski definition) is 1. The number of amides is 1. The Kier molecular flexibility index (Phi) is 7.17. The van der Waals surface area contributed by atoms with E-state index in [0.29, 0.717) is 6.07 Å². The predicted molar refractivity (Wildman–Crippen MR) is 135 cm³/mol. The molecule has 0 bridgehead atoms. The molecular weight excluding hydrogens is 635 g/mol. The van der Waals surface area contributed by atoms with Crippen LogP contribution in [0.1, 0.15) is 30.4 Å². The number of hydrogen-bond acceptors (Lipinski definition) is 7. The molecule has 3 aliphatic rings. The standard InChI is InChI=1S/C26H24F7NO7S2/c27-24(25(28,29)30,26(31,32)33)16-6-7-18-19(14-16)41-15-20-23(18,43(39,40)17-4-2-1-3-5-17)8-11-34(20)21(35)22(36)9-12-42(37,38)13-10-22/h1-7,14,20,36H,8-13,15H2. The molecule has 1 N–H and O–H groups in total. The van der Waals surface area contributed by atoms with E-state index in [1.165, 1.54) is 30.3 Å². The van der Waals surface area contributed by atoms with E-state index in [9.17, 15) is 57.5 Å². The quantitative estimate of drug-likeness (QED) is 0.499. The largest absolute Gasteiger partial charge is 0.491 e. The van der Waals surface area contributed by atoms with E-state index in [1.54, 1.807) is 0 Å². The van der Waals surface area contributed by atoms with Crippen molar-refractivity contribution in [1.29, 1.82) is 0 Å². The summed E-state index contributed by atoms with van der Waals surface area (Å²) in [6.45, 7) is -1.09. The summed E-state index contributed by atoms with van der Waals surface area (Å²) in [4.78, 5) is 14.4. The van der Waals surface area contributed by atoms with Gasteiger partial charge in [-0.2, -0.15) is 26.3 Å². The maximum atomic E-state index is 14.9. The fourth-order valence-electron chi connectivity index (χ4n) is 6.13. The Morgan fingerprint density at radius 3 is 2.07 bits per heavy atom. The third kappa shape index (κ3) is 4.60. The molecular formula is C26H24F7NO7S2. The van der Waals surface area contributed by atoms with Crippen LogP contribution < -0.4 is 4.74 Å². The van der Waals surface area contributed by atoms with E-state index in [4.69, 9.17) is 4.74 Å². The Bertz CT molecular complexity index is 1630. The fraction of sp³-hybridized carbons (Fsp3) is 0.500. The lowest BCUT2D eigenvalue weighted by Crippen LogP contribution is -2.60. The van der Waals surface area contributed by atoms with Crippen LogP contribution in [0.25, 0.3) is 0 Å². The van der Waals surface area contributed by atoms with Crippen LogP contribution in [0.15, 0.2) is 53.4 Å². The number of carbonyl (C=O) groups is 1. The van der Waals surface area contributed by atoms with Crippen molar-refractivity contribution in [3.05, 3.63) is 59.7 Å². The second-order valence-electron chi connectivity index (χ2n) is 10.8. The summed E-state index contributed by atoms with van der Waals surface area (Å²) < 4.78 is 151. The Labute approximate surface area is 241 Å². The van der Waals surface area contributed by atoms with Crippen LogP contribution >= 0.6 is 0 Å². The second-order valence-corrected chi connectivity index (χ2v) is 15.3. The Balaban J connectivity index is 1.66. The highest BCUT2D eigenvalue weighted by atomic mass is 32.2. The molecule has 236 valence electrons. The average molecular weight is 660 g/mol. The number of benzene rings is 2. The van der Waals surface area contributed by atoms with Gasteiger partial charge in [-0.25, -0.2) is 21.2 Å². The highest BCUT2D eigenvalue weighted by molar-refractivity contribution is 7.92. The van der Waals surface area contributed by atoms with Crippen LogP contribution in [0.5, 0.6) is 5.75 Å². The number of sulfone groups is 2. The monoisotopic (exact) mass is 659 g/mol. The van der Waals surface area contributed by atoms with Crippen molar-refractivity contribution < 1.29 is 62.2 Å². The van der Waals surface area contributed by atoms with Gasteiger partial charge in [0.1, 0.15) is 22.7 Å². The Morgan fingerprint density at radius 1 is 0.930 bits per heavy atom. The van der Waals surface area contributed by atoms with Crippen LogP contribution in [0.3, 0.4) is 0 Å². The summed E-state index contributed by atoms with van der Waals surface area (Å²) in [7, 11) is -8.13. The molecule has 2 fully saturated rings. The van der Waals surface area contributed by atoms with Gasteiger partial charge in [0.25, 0.3) is 5.91 Å². The number of halogens is 7. The van der Waals surface area contributed by atoms with Gasteiger partial charge in [-0.05, 0) is 37.5 Å². The smallest absolute Gasteiger partial charge is 0.435 e. The van der Waals surface area contributed by atoms with Gasteiger partial charge in [0.2, 0.25) is 0 Å². The molecule has 2 unspecified atom stereocenters. The molecule has 8 nitrogen and oxygen atoms in total. The number of aliphatic hydroxyl groups is 1. The lowest BCUT2D eigenvalue weighted by Gasteiger charge is -2.44. The van der Waals surface area contributed by atoms with Gasteiger partial charge in [-0.15, -0.1) is 0 Å². The third-order valence-electron chi connectivity index (χ3n) is 8.50. The number of ether oxygens (including phenoxy) is 1. The number of carbonyl (C=O) groups excluding carboxylic acids is 1. The molecule has 2 aromatic carbocycles. The number of nitrogens with zero attached hydrogens (tertiary/aromatic N) is 1. The van der Waals surface area contributed by atoms with Gasteiger partial charge in [0.05, 0.1) is 22.4 Å². The first-order chi connectivity index (χ1) is 19.7. The first-order valence-electron chi connectivity index (χ1n) is 12.9. The molecule has 1 amide bonds. The highest BCUT2D eigenvalue weighted by Crippen LogP contribution is 2.57. The second kappa shape index (κ2) is 9.79. The van der Waals surface area contributed by atoms with Crippen molar-refractivity contribution in [1.82, 2.24) is 4.90 Å². The fourth-order valence-corrected chi connectivity index (χ4v) is 9.94. The molecule has 0 spiro atoms. The zero-order chi connectivity index (χ0) is 31.9. The van der Waals surface area contributed by atoms with Crippen molar-refractivity contribution in [3.63, 3.8) is 0 Å². The van der Waals surface area contributed by atoms with E-state index in [1.807, 2.05) is 0 Å². The van der Waals surface area contributed by atoms with Gasteiger partial charge in [-0.1, -0.05) is 30.3 Å². The zero-order valence-corrected chi connectivity index (χ0v) is 23.6. The SMILES string of the molecule is O=C(N1CCC2(S(=O)(=O)c3ccccc3)c3ccc(C(F)(C(F)(F)F)C(F)(F)F)cc3OCC12)C1(O)CCS(=O)(=O)CC1. The molecule has 43 heavy (non-hydrogen) atoms. The van der Waals surface area contributed by atoms with Crippen molar-refractivity contribution in [2.45, 2.75) is 58.6 Å². The summed E-state index contributed by atoms with van der Waals surface area (Å²) in [5.41, 5.74) is -10.2.